The van der Waals surface area contributed by atoms with Crippen LogP contribution in [0, 0.1) is 23.3 Å². The fourth-order valence-electron chi connectivity index (χ4n) is 4.22. The van der Waals surface area contributed by atoms with E-state index in [-0.39, 0.29) is 12.6 Å². The van der Waals surface area contributed by atoms with Gasteiger partial charge in [0.25, 0.3) is 0 Å². The van der Waals surface area contributed by atoms with E-state index in [1.54, 1.807) is 4.90 Å². The molecule has 0 saturated carbocycles. The molecule has 1 saturated heterocycles. The Morgan fingerprint density at radius 2 is 1.89 bits per heavy atom. The molecule has 1 aliphatic heterocycles. The van der Waals surface area contributed by atoms with Gasteiger partial charge in [0.2, 0.25) is 0 Å². The van der Waals surface area contributed by atoms with Crippen molar-refractivity contribution in [2.45, 2.75) is 25.5 Å². The molecule has 2 aromatic heterocycles. The van der Waals surface area contributed by atoms with Gasteiger partial charge in [-0.05, 0) is 36.5 Å². The van der Waals surface area contributed by atoms with E-state index < -0.39 is 0 Å². The molecule has 5 rings (SSSR count). The van der Waals surface area contributed by atoms with Gasteiger partial charge in [-0.3, -0.25) is 0 Å². The zero-order valence-electron chi connectivity index (χ0n) is 19.7. The number of rotatable bonds is 6. The maximum absolute atomic E-state index is 9.31. The van der Waals surface area contributed by atoms with Crippen LogP contribution in [0.3, 0.4) is 0 Å². The number of ether oxygens (including phenoxy) is 2. The molecule has 3 heterocycles. The van der Waals surface area contributed by atoms with Crippen molar-refractivity contribution < 1.29 is 9.47 Å². The second-order valence-corrected chi connectivity index (χ2v) is 8.43. The third kappa shape index (κ3) is 5.16. The molecule has 0 bridgehead atoms. The van der Waals surface area contributed by atoms with E-state index in [4.69, 9.17) is 20.3 Å². The van der Waals surface area contributed by atoms with Crippen molar-refractivity contribution >= 4 is 16.9 Å². The number of anilines is 1. The molecular weight excluding hydrogens is 454 g/mol. The quantitative estimate of drug-likeness (QED) is 0.330. The lowest BCUT2D eigenvalue weighted by Crippen LogP contribution is -2.33. The number of piperidine rings is 1. The minimum Gasteiger partial charge on any atom is -0.489 e. The molecule has 2 N–H and O–H groups in total. The second-order valence-electron chi connectivity index (χ2n) is 8.43. The lowest BCUT2D eigenvalue weighted by molar-refractivity contribution is 0.236. The Bertz CT molecular complexity index is 1450. The molecule has 0 amide bonds. The van der Waals surface area contributed by atoms with Crippen molar-refractivity contribution in [3.8, 4) is 29.5 Å². The average molecular weight is 480 g/mol. The largest absolute Gasteiger partial charge is 0.489 e. The van der Waals surface area contributed by atoms with Gasteiger partial charge in [-0.1, -0.05) is 42.3 Å². The molecule has 9 heteroatoms. The lowest BCUT2D eigenvalue weighted by atomic mass is 10.1. The standard InChI is InChI=1S/C27H25N7O2/c28-18-33-13-5-9-21(16-33)34-27-25(26(29)30-19-31-27)24(32-34)12-6-14-35-22-10-4-11-23(15-22)36-17-20-7-2-1-3-8-20/h1-4,7-8,10-11,15,19,21H,5,9,13-14,16-17H2,(H2,29,30,31)/t21-/m1/s1. The van der Waals surface area contributed by atoms with Crippen LogP contribution in [0.4, 0.5) is 5.82 Å². The average Bonchev–Trinajstić information content (AvgIpc) is 3.31. The van der Waals surface area contributed by atoms with E-state index in [2.05, 4.69) is 28.0 Å². The van der Waals surface area contributed by atoms with Gasteiger partial charge in [-0.2, -0.15) is 10.4 Å². The van der Waals surface area contributed by atoms with Crippen LogP contribution in [-0.4, -0.2) is 44.3 Å². The second kappa shape index (κ2) is 10.7. The van der Waals surface area contributed by atoms with Gasteiger partial charge in [0, 0.05) is 12.6 Å². The zero-order valence-corrected chi connectivity index (χ0v) is 19.7. The van der Waals surface area contributed by atoms with Crippen LogP contribution in [0.25, 0.3) is 11.0 Å². The van der Waals surface area contributed by atoms with Crippen LogP contribution < -0.4 is 15.2 Å². The van der Waals surface area contributed by atoms with E-state index in [1.807, 2.05) is 59.3 Å². The van der Waals surface area contributed by atoms with E-state index in [1.165, 1.54) is 6.33 Å². The predicted molar refractivity (Wildman–Crippen MR) is 135 cm³/mol. The van der Waals surface area contributed by atoms with Crippen molar-refractivity contribution in [1.82, 2.24) is 24.6 Å². The fourth-order valence-corrected chi connectivity index (χ4v) is 4.22. The Hall–Kier alpha value is -4.76. The number of nitriles is 1. The first-order valence-corrected chi connectivity index (χ1v) is 11.7. The lowest BCUT2D eigenvalue weighted by Gasteiger charge is -2.28. The Morgan fingerprint density at radius 3 is 2.72 bits per heavy atom. The molecular formula is C27H25N7O2. The predicted octanol–water partition coefficient (Wildman–Crippen LogP) is 3.54. The number of hydrogen-bond acceptors (Lipinski definition) is 8. The van der Waals surface area contributed by atoms with Gasteiger partial charge in [-0.15, -0.1) is 0 Å². The molecule has 1 atom stereocenters. The first-order valence-electron chi connectivity index (χ1n) is 11.7. The van der Waals surface area contributed by atoms with E-state index in [0.717, 1.165) is 30.7 Å². The monoisotopic (exact) mass is 479 g/mol. The maximum atomic E-state index is 9.31. The van der Waals surface area contributed by atoms with Crippen molar-refractivity contribution in [1.29, 1.82) is 5.26 Å². The number of aromatic nitrogens is 4. The molecule has 1 aliphatic rings. The summed E-state index contributed by atoms with van der Waals surface area (Å²) in [6.45, 7) is 1.98. The number of benzene rings is 2. The highest BCUT2D eigenvalue weighted by Crippen LogP contribution is 2.28. The summed E-state index contributed by atoms with van der Waals surface area (Å²) in [5.74, 6) is 7.79. The van der Waals surface area contributed by atoms with E-state index in [9.17, 15) is 5.26 Å². The minimum absolute atomic E-state index is 0.0145. The van der Waals surface area contributed by atoms with Crippen LogP contribution in [0.1, 0.15) is 30.1 Å². The molecule has 180 valence electrons. The third-order valence-electron chi connectivity index (χ3n) is 5.97. The minimum atomic E-state index is 0.0145. The Labute approximate surface area is 209 Å². The van der Waals surface area contributed by atoms with Crippen molar-refractivity contribution in [2.75, 3.05) is 25.4 Å². The van der Waals surface area contributed by atoms with Crippen LogP contribution in [-0.2, 0) is 6.61 Å². The topological polar surface area (TPSA) is 115 Å². The van der Waals surface area contributed by atoms with Crippen LogP contribution in [0.2, 0.25) is 0 Å². The van der Waals surface area contributed by atoms with Crippen LogP contribution in [0.15, 0.2) is 60.9 Å². The highest BCUT2D eigenvalue weighted by Gasteiger charge is 2.25. The van der Waals surface area contributed by atoms with Crippen molar-refractivity contribution in [3.63, 3.8) is 0 Å². The van der Waals surface area contributed by atoms with Gasteiger partial charge in [0.1, 0.15) is 42.6 Å². The molecule has 0 aliphatic carbocycles. The first kappa shape index (κ1) is 23.0. The summed E-state index contributed by atoms with van der Waals surface area (Å²) in [6, 6.07) is 17.5. The van der Waals surface area contributed by atoms with Gasteiger partial charge >= 0.3 is 0 Å². The first-order chi connectivity index (χ1) is 17.7. The maximum Gasteiger partial charge on any atom is 0.179 e. The summed E-state index contributed by atoms with van der Waals surface area (Å²) in [5.41, 5.74) is 8.38. The summed E-state index contributed by atoms with van der Waals surface area (Å²) in [7, 11) is 0. The number of hydrogen-bond donors (Lipinski definition) is 1. The fraction of sp³-hybridized carbons (Fsp3) is 0.259. The Kier molecular flexibility index (Phi) is 6.81. The van der Waals surface area contributed by atoms with Gasteiger partial charge < -0.3 is 20.1 Å². The number of nitrogens with zero attached hydrogens (tertiary/aromatic N) is 6. The summed E-state index contributed by atoms with van der Waals surface area (Å²) < 4.78 is 13.5. The third-order valence-corrected chi connectivity index (χ3v) is 5.97. The summed E-state index contributed by atoms with van der Waals surface area (Å²) in [6.07, 6.45) is 5.46. The number of likely N-dealkylation sites (tertiary alicyclic amines) is 1. The summed E-state index contributed by atoms with van der Waals surface area (Å²) in [5, 5.41) is 14.6. The molecule has 0 spiro atoms. The SMILES string of the molecule is N#CN1CCC[C@@H](n2nc(C#CCOc3cccc(OCc4ccccc4)c3)c3c(N)ncnc32)C1. The highest BCUT2D eigenvalue weighted by molar-refractivity contribution is 5.90. The smallest absolute Gasteiger partial charge is 0.179 e. The Balaban J connectivity index is 1.28. The van der Waals surface area contributed by atoms with Gasteiger partial charge in [0.15, 0.2) is 11.8 Å². The normalized spacial score (nSPS) is 15.1. The number of nitrogens with two attached hydrogens (primary N) is 1. The highest BCUT2D eigenvalue weighted by atomic mass is 16.5. The molecule has 4 aromatic rings. The Morgan fingerprint density at radius 1 is 1.06 bits per heavy atom. The summed E-state index contributed by atoms with van der Waals surface area (Å²) in [4.78, 5) is 10.3. The molecule has 1 fully saturated rings. The van der Waals surface area contributed by atoms with Gasteiger partial charge in [-0.25, -0.2) is 14.6 Å². The van der Waals surface area contributed by atoms with E-state index in [0.29, 0.717) is 41.4 Å². The van der Waals surface area contributed by atoms with E-state index >= 15 is 0 Å². The van der Waals surface area contributed by atoms with Crippen LogP contribution >= 0.6 is 0 Å². The summed E-state index contributed by atoms with van der Waals surface area (Å²) >= 11 is 0. The molecule has 0 radical (unpaired) electrons. The zero-order chi connectivity index (χ0) is 24.7. The van der Waals surface area contributed by atoms with Crippen molar-refractivity contribution in [3.05, 3.63) is 72.2 Å². The molecule has 36 heavy (non-hydrogen) atoms. The van der Waals surface area contributed by atoms with Crippen LogP contribution in [0.5, 0.6) is 11.5 Å². The van der Waals surface area contributed by atoms with Crippen molar-refractivity contribution in [2.24, 2.45) is 0 Å². The number of fused-ring (bicyclic) bond motifs is 1. The molecule has 9 nitrogen and oxygen atoms in total. The number of nitrogen functional groups attached to an aromatic ring is 1. The molecule has 0 unspecified atom stereocenters. The van der Waals surface area contributed by atoms with Gasteiger partial charge in [0.05, 0.1) is 18.0 Å². The molecule has 2 aromatic carbocycles.